The van der Waals surface area contributed by atoms with Crippen molar-refractivity contribution in [1.29, 1.82) is 0 Å². The molecule has 1 aliphatic rings. The molecule has 1 saturated carbocycles. The number of hydrogen-bond donors (Lipinski definition) is 2. The Bertz CT molecular complexity index is 1030. The summed E-state index contributed by atoms with van der Waals surface area (Å²) in [5.41, 5.74) is 3.10. The fourth-order valence-corrected chi connectivity index (χ4v) is 3.85. The number of anilines is 1. The van der Waals surface area contributed by atoms with Gasteiger partial charge >= 0.3 is 0 Å². The Balaban J connectivity index is 1.35. The Morgan fingerprint density at radius 3 is 2.17 bits per heavy atom. The first-order valence-corrected chi connectivity index (χ1v) is 10.9. The van der Waals surface area contributed by atoms with Crippen LogP contribution in [-0.4, -0.2) is 18.4 Å². The van der Waals surface area contributed by atoms with Gasteiger partial charge in [0, 0.05) is 22.3 Å². The Kier molecular flexibility index (Phi) is 6.00. The molecule has 4 rings (SSSR count). The number of rotatable bonds is 7. The highest BCUT2D eigenvalue weighted by Crippen LogP contribution is 2.48. The summed E-state index contributed by atoms with van der Waals surface area (Å²) in [6, 6.07) is 25.0. The van der Waals surface area contributed by atoms with E-state index in [1.54, 1.807) is 12.1 Å². The van der Waals surface area contributed by atoms with E-state index in [0.29, 0.717) is 17.8 Å². The molecule has 3 aromatic carbocycles. The van der Waals surface area contributed by atoms with Crippen LogP contribution in [0.3, 0.4) is 0 Å². The van der Waals surface area contributed by atoms with Crippen molar-refractivity contribution in [3.05, 3.63) is 100 Å². The summed E-state index contributed by atoms with van der Waals surface area (Å²) in [6.07, 6.45) is 2.53. The van der Waals surface area contributed by atoms with Gasteiger partial charge in [-0.15, -0.1) is 0 Å². The summed E-state index contributed by atoms with van der Waals surface area (Å²) in [6.45, 7) is 0.631. The molecule has 0 radical (unpaired) electrons. The van der Waals surface area contributed by atoms with E-state index in [9.17, 15) is 9.59 Å². The Morgan fingerprint density at radius 1 is 0.867 bits per heavy atom. The van der Waals surface area contributed by atoms with Crippen LogP contribution in [0.25, 0.3) is 0 Å². The minimum Gasteiger partial charge on any atom is -0.355 e. The fraction of sp³-hybridized carbons (Fsp3) is 0.200. The Labute approximate surface area is 184 Å². The second-order valence-corrected chi connectivity index (χ2v) is 8.53. The van der Waals surface area contributed by atoms with E-state index in [-0.39, 0.29) is 11.8 Å². The van der Waals surface area contributed by atoms with E-state index >= 15 is 0 Å². The van der Waals surface area contributed by atoms with Crippen LogP contribution in [0.1, 0.15) is 34.3 Å². The van der Waals surface area contributed by atoms with Gasteiger partial charge < -0.3 is 10.6 Å². The van der Waals surface area contributed by atoms with Crippen molar-refractivity contribution < 1.29 is 9.59 Å². The zero-order valence-corrected chi connectivity index (χ0v) is 18.1. The van der Waals surface area contributed by atoms with Crippen molar-refractivity contribution in [2.45, 2.75) is 24.7 Å². The first-order chi connectivity index (χ1) is 14.6. The lowest BCUT2D eigenvalue weighted by Gasteiger charge is -2.16. The smallest absolute Gasteiger partial charge is 0.255 e. The SMILES string of the molecule is O=C(Nc1ccc(C2(C(=O)NCCc3ccccc3)CC2)cc1)c1ccc(Br)cc1. The molecule has 0 saturated heterocycles. The van der Waals surface area contributed by atoms with Gasteiger partial charge in [0.2, 0.25) is 5.91 Å². The third-order valence-corrected chi connectivity index (χ3v) is 6.06. The molecule has 1 aliphatic carbocycles. The van der Waals surface area contributed by atoms with Crippen LogP contribution in [0.15, 0.2) is 83.3 Å². The van der Waals surface area contributed by atoms with Gasteiger partial charge in [-0.2, -0.15) is 0 Å². The second kappa shape index (κ2) is 8.84. The van der Waals surface area contributed by atoms with Gasteiger partial charge in [0.05, 0.1) is 5.41 Å². The molecule has 0 heterocycles. The van der Waals surface area contributed by atoms with E-state index in [1.165, 1.54) is 5.56 Å². The number of hydrogen-bond acceptors (Lipinski definition) is 2. The van der Waals surface area contributed by atoms with E-state index in [2.05, 4.69) is 38.7 Å². The van der Waals surface area contributed by atoms with Crippen LogP contribution >= 0.6 is 15.9 Å². The molecule has 1 fully saturated rings. The van der Waals surface area contributed by atoms with Crippen LogP contribution in [0.4, 0.5) is 5.69 Å². The maximum absolute atomic E-state index is 12.8. The summed E-state index contributed by atoms with van der Waals surface area (Å²) in [5, 5.41) is 6.00. The van der Waals surface area contributed by atoms with Crippen LogP contribution < -0.4 is 10.6 Å². The lowest BCUT2D eigenvalue weighted by molar-refractivity contribution is -0.123. The Morgan fingerprint density at radius 2 is 1.53 bits per heavy atom. The van der Waals surface area contributed by atoms with Gasteiger partial charge in [-0.05, 0) is 66.8 Å². The van der Waals surface area contributed by atoms with Crippen molar-refractivity contribution in [2.75, 3.05) is 11.9 Å². The minimum atomic E-state index is -0.426. The molecule has 5 heteroatoms. The van der Waals surface area contributed by atoms with Gasteiger partial charge in [0.25, 0.3) is 5.91 Å². The molecule has 3 aromatic rings. The predicted molar refractivity (Wildman–Crippen MR) is 123 cm³/mol. The molecule has 0 atom stereocenters. The van der Waals surface area contributed by atoms with Gasteiger partial charge in [-0.25, -0.2) is 0 Å². The average molecular weight is 463 g/mol. The largest absolute Gasteiger partial charge is 0.355 e. The number of halogens is 1. The summed E-state index contributed by atoms with van der Waals surface area (Å²) in [5.74, 6) is -0.0693. The molecule has 0 bridgehead atoms. The summed E-state index contributed by atoms with van der Waals surface area (Å²) in [7, 11) is 0. The maximum Gasteiger partial charge on any atom is 0.255 e. The molecular weight excluding hydrogens is 440 g/mol. The lowest BCUT2D eigenvalue weighted by atomic mass is 9.94. The number of carbonyl (C=O) groups is 2. The van der Waals surface area contributed by atoms with Crippen LogP contribution in [-0.2, 0) is 16.6 Å². The average Bonchev–Trinajstić information content (AvgIpc) is 3.57. The Hall–Kier alpha value is -2.92. The third-order valence-electron chi connectivity index (χ3n) is 5.53. The first-order valence-electron chi connectivity index (χ1n) is 10.1. The molecule has 152 valence electrons. The molecule has 2 amide bonds. The second-order valence-electron chi connectivity index (χ2n) is 7.61. The van der Waals surface area contributed by atoms with Crippen LogP contribution in [0, 0.1) is 0 Å². The number of nitrogens with one attached hydrogen (secondary N) is 2. The van der Waals surface area contributed by atoms with Crippen LogP contribution in [0.2, 0.25) is 0 Å². The topological polar surface area (TPSA) is 58.2 Å². The van der Waals surface area contributed by atoms with E-state index < -0.39 is 5.41 Å². The van der Waals surface area contributed by atoms with Gasteiger partial charge in [-0.3, -0.25) is 9.59 Å². The van der Waals surface area contributed by atoms with Crippen molar-refractivity contribution >= 4 is 33.4 Å². The number of carbonyl (C=O) groups excluding carboxylic acids is 2. The third kappa shape index (κ3) is 4.62. The normalized spacial score (nSPS) is 14.0. The zero-order valence-electron chi connectivity index (χ0n) is 16.5. The molecule has 0 aromatic heterocycles. The van der Waals surface area contributed by atoms with E-state index in [1.807, 2.05) is 54.6 Å². The summed E-state index contributed by atoms with van der Waals surface area (Å²) >= 11 is 3.37. The molecule has 0 aliphatic heterocycles. The molecular formula is C25H23BrN2O2. The lowest BCUT2D eigenvalue weighted by Crippen LogP contribution is -2.35. The van der Waals surface area contributed by atoms with Crippen LogP contribution in [0.5, 0.6) is 0 Å². The fourth-order valence-electron chi connectivity index (χ4n) is 3.58. The zero-order chi connectivity index (χ0) is 21.0. The highest BCUT2D eigenvalue weighted by Gasteiger charge is 2.50. The highest BCUT2D eigenvalue weighted by atomic mass is 79.9. The summed E-state index contributed by atoms with van der Waals surface area (Å²) < 4.78 is 0.931. The number of amides is 2. The molecule has 2 N–H and O–H groups in total. The van der Waals surface area contributed by atoms with Gasteiger partial charge in [-0.1, -0.05) is 58.4 Å². The summed E-state index contributed by atoms with van der Waals surface area (Å²) in [4.78, 5) is 25.2. The predicted octanol–water partition coefficient (Wildman–Crippen LogP) is 5.09. The number of benzene rings is 3. The minimum absolute atomic E-state index is 0.0880. The van der Waals surface area contributed by atoms with Crippen molar-refractivity contribution in [1.82, 2.24) is 5.32 Å². The standard InChI is InChI=1S/C25H23BrN2O2/c26-21-10-6-19(7-11-21)23(29)28-22-12-8-20(9-13-22)25(15-16-25)24(30)27-17-14-18-4-2-1-3-5-18/h1-13H,14-17H2,(H,27,30)(H,28,29). The molecule has 4 nitrogen and oxygen atoms in total. The van der Waals surface area contributed by atoms with Gasteiger partial charge in [0.1, 0.15) is 0 Å². The quantitative estimate of drug-likeness (QED) is 0.513. The van der Waals surface area contributed by atoms with Crippen molar-refractivity contribution in [3.63, 3.8) is 0 Å². The monoisotopic (exact) mass is 462 g/mol. The molecule has 0 spiro atoms. The maximum atomic E-state index is 12.8. The van der Waals surface area contributed by atoms with E-state index in [0.717, 1.165) is 29.3 Å². The van der Waals surface area contributed by atoms with Gasteiger partial charge in [0.15, 0.2) is 0 Å². The van der Waals surface area contributed by atoms with Crippen molar-refractivity contribution in [2.24, 2.45) is 0 Å². The van der Waals surface area contributed by atoms with E-state index in [4.69, 9.17) is 0 Å². The molecule has 0 unspecified atom stereocenters. The molecule has 30 heavy (non-hydrogen) atoms. The first kappa shape index (κ1) is 20.4. The highest BCUT2D eigenvalue weighted by molar-refractivity contribution is 9.10. The van der Waals surface area contributed by atoms with Crippen molar-refractivity contribution in [3.8, 4) is 0 Å².